The van der Waals surface area contributed by atoms with Crippen molar-refractivity contribution in [1.82, 2.24) is 15.2 Å². The van der Waals surface area contributed by atoms with Crippen molar-refractivity contribution in [2.75, 3.05) is 10.2 Å². The summed E-state index contributed by atoms with van der Waals surface area (Å²) in [6, 6.07) is 8.19. The van der Waals surface area contributed by atoms with E-state index in [-0.39, 0.29) is 11.9 Å². The molecule has 3 heterocycles. The van der Waals surface area contributed by atoms with Crippen LogP contribution in [-0.2, 0) is 10.2 Å². The molecule has 1 saturated carbocycles. The van der Waals surface area contributed by atoms with Gasteiger partial charge in [-0.1, -0.05) is 6.07 Å². The van der Waals surface area contributed by atoms with Crippen LogP contribution in [0.1, 0.15) is 32.3 Å². The van der Waals surface area contributed by atoms with Crippen LogP contribution < -0.4 is 10.2 Å². The van der Waals surface area contributed by atoms with Crippen molar-refractivity contribution in [2.45, 2.75) is 44.2 Å². The number of aromatic nitrogens is 3. The molecule has 2 aromatic rings. The largest absolute Gasteiger partial charge is 0.366 e. The third-order valence-electron chi connectivity index (χ3n) is 4.84. The highest BCUT2D eigenvalue weighted by atomic mass is 16.2. The number of carbonyl (C=O) groups is 1. The number of nitrogens with zero attached hydrogens (tertiary/aromatic N) is 4. The highest BCUT2D eigenvalue weighted by molar-refractivity contribution is 6.07. The van der Waals surface area contributed by atoms with E-state index in [2.05, 4.69) is 20.5 Å². The van der Waals surface area contributed by atoms with Gasteiger partial charge in [-0.2, -0.15) is 5.10 Å². The Morgan fingerprint density at radius 2 is 2.00 bits per heavy atom. The van der Waals surface area contributed by atoms with Crippen LogP contribution >= 0.6 is 0 Å². The molecule has 0 radical (unpaired) electrons. The number of anilines is 2. The molecule has 0 bridgehead atoms. The Balaban J connectivity index is 1.50. The summed E-state index contributed by atoms with van der Waals surface area (Å²) in [5.74, 6) is 1.75. The van der Waals surface area contributed by atoms with Crippen LogP contribution in [0.15, 0.2) is 36.7 Å². The van der Waals surface area contributed by atoms with Gasteiger partial charge in [-0.25, -0.2) is 4.98 Å². The monoisotopic (exact) mass is 309 g/mol. The van der Waals surface area contributed by atoms with Gasteiger partial charge in [0.1, 0.15) is 11.6 Å². The van der Waals surface area contributed by atoms with Crippen LogP contribution in [0, 0.1) is 0 Å². The van der Waals surface area contributed by atoms with Gasteiger partial charge < -0.3 is 5.32 Å². The highest BCUT2D eigenvalue weighted by Gasteiger charge is 2.50. The SMILES string of the molecule is CC1(C)C(=O)N(C2CC(Nc3cccnn3)C2)c2ncccc21. The molecule has 0 aromatic carbocycles. The van der Waals surface area contributed by atoms with Gasteiger partial charge in [0.05, 0.1) is 5.41 Å². The molecular weight excluding hydrogens is 290 g/mol. The smallest absolute Gasteiger partial charge is 0.238 e. The zero-order valence-corrected chi connectivity index (χ0v) is 13.2. The zero-order valence-electron chi connectivity index (χ0n) is 13.2. The van der Waals surface area contributed by atoms with Crippen molar-refractivity contribution in [3.8, 4) is 0 Å². The second-order valence-electron chi connectivity index (χ2n) is 6.75. The molecule has 118 valence electrons. The van der Waals surface area contributed by atoms with E-state index in [1.54, 1.807) is 12.4 Å². The van der Waals surface area contributed by atoms with E-state index in [4.69, 9.17) is 0 Å². The summed E-state index contributed by atoms with van der Waals surface area (Å²) in [7, 11) is 0. The van der Waals surface area contributed by atoms with Crippen LogP contribution in [0.2, 0.25) is 0 Å². The van der Waals surface area contributed by atoms with E-state index in [0.717, 1.165) is 30.0 Å². The lowest BCUT2D eigenvalue weighted by Crippen LogP contribution is -2.53. The average Bonchev–Trinajstić information content (AvgIpc) is 2.72. The molecule has 0 spiro atoms. The van der Waals surface area contributed by atoms with Gasteiger partial charge in [-0.3, -0.25) is 9.69 Å². The van der Waals surface area contributed by atoms with Gasteiger partial charge in [0, 0.05) is 30.0 Å². The molecule has 1 N–H and O–H groups in total. The number of amides is 1. The van der Waals surface area contributed by atoms with Crippen LogP contribution in [0.4, 0.5) is 11.6 Å². The number of hydrogen-bond acceptors (Lipinski definition) is 5. The molecule has 0 saturated heterocycles. The average molecular weight is 309 g/mol. The van der Waals surface area contributed by atoms with E-state index in [9.17, 15) is 4.79 Å². The van der Waals surface area contributed by atoms with E-state index < -0.39 is 5.41 Å². The normalized spacial score (nSPS) is 25.0. The molecule has 1 amide bonds. The van der Waals surface area contributed by atoms with Gasteiger partial charge in [-0.05, 0) is 44.9 Å². The molecule has 1 aliphatic heterocycles. The molecule has 4 rings (SSSR count). The molecule has 0 unspecified atom stereocenters. The Morgan fingerprint density at radius 3 is 2.74 bits per heavy atom. The maximum atomic E-state index is 12.8. The van der Waals surface area contributed by atoms with Crippen LogP contribution in [0.3, 0.4) is 0 Å². The fraction of sp³-hybridized carbons (Fsp3) is 0.412. The summed E-state index contributed by atoms with van der Waals surface area (Å²) < 4.78 is 0. The fourth-order valence-electron chi connectivity index (χ4n) is 3.43. The topological polar surface area (TPSA) is 71.0 Å². The van der Waals surface area contributed by atoms with Crippen molar-refractivity contribution < 1.29 is 4.79 Å². The molecular formula is C17H19N5O. The van der Waals surface area contributed by atoms with Gasteiger partial charge in [0.2, 0.25) is 5.91 Å². The first-order valence-electron chi connectivity index (χ1n) is 7.91. The number of fused-ring (bicyclic) bond motifs is 1. The van der Waals surface area contributed by atoms with Gasteiger partial charge in [-0.15, -0.1) is 5.10 Å². The van der Waals surface area contributed by atoms with Crippen LogP contribution in [-0.4, -0.2) is 33.2 Å². The number of rotatable bonds is 3. The minimum atomic E-state index is -0.493. The number of carbonyl (C=O) groups excluding carboxylic acids is 1. The van der Waals surface area contributed by atoms with Crippen molar-refractivity contribution in [3.63, 3.8) is 0 Å². The fourth-order valence-corrected chi connectivity index (χ4v) is 3.43. The Kier molecular flexibility index (Phi) is 3.07. The van der Waals surface area contributed by atoms with E-state index in [0.29, 0.717) is 6.04 Å². The molecule has 2 aromatic heterocycles. The first kappa shape index (κ1) is 14.1. The molecule has 6 nitrogen and oxygen atoms in total. The predicted molar refractivity (Wildman–Crippen MR) is 87.2 cm³/mol. The second-order valence-corrected chi connectivity index (χ2v) is 6.75. The lowest BCUT2D eigenvalue weighted by Gasteiger charge is -2.41. The maximum absolute atomic E-state index is 12.8. The standard InChI is InChI=1S/C17H19N5O/c1-17(2)13-5-3-7-18-15(13)22(16(17)23)12-9-11(10-12)20-14-6-4-8-19-21-14/h3-8,11-12H,9-10H2,1-2H3,(H,20,21). The third kappa shape index (κ3) is 2.17. The van der Waals surface area contributed by atoms with E-state index in [1.807, 2.05) is 43.0 Å². The predicted octanol–water partition coefficient (Wildman–Crippen LogP) is 2.14. The Bertz CT molecular complexity index is 740. The summed E-state index contributed by atoms with van der Waals surface area (Å²) in [6.45, 7) is 3.95. The minimum absolute atomic E-state index is 0.147. The summed E-state index contributed by atoms with van der Waals surface area (Å²) in [5.41, 5.74) is 0.530. The van der Waals surface area contributed by atoms with Crippen LogP contribution in [0.5, 0.6) is 0 Å². The summed E-state index contributed by atoms with van der Waals surface area (Å²) in [6.07, 6.45) is 5.21. The van der Waals surface area contributed by atoms with Crippen molar-refractivity contribution in [3.05, 3.63) is 42.2 Å². The maximum Gasteiger partial charge on any atom is 0.238 e. The molecule has 0 atom stereocenters. The lowest BCUT2D eigenvalue weighted by molar-refractivity contribution is -0.122. The number of hydrogen-bond donors (Lipinski definition) is 1. The third-order valence-corrected chi connectivity index (χ3v) is 4.84. The molecule has 1 aliphatic carbocycles. The number of pyridine rings is 1. The highest BCUT2D eigenvalue weighted by Crippen LogP contribution is 2.44. The zero-order chi connectivity index (χ0) is 16.0. The Labute approximate surface area is 134 Å². The molecule has 23 heavy (non-hydrogen) atoms. The van der Waals surface area contributed by atoms with Gasteiger partial charge in [0.25, 0.3) is 0 Å². The molecule has 6 heteroatoms. The van der Waals surface area contributed by atoms with Crippen LogP contribution in [0.25, 0.3) is 0 Å². The Hall–Kier alpha value is -2.50. The van der Waals surface area contributed by atoms with Crippen molar-refractivity contribution in [2.24, 2.45) is 0 Å². The first-order chi connectivity index (χ1) is 11.1. The lowest BCUT2D eigenvalue weighted by atomic mass is 9.84. The second kappa shape index (κ2) is 5.01. The molecule has 1 fully saturated rings. The van der Waals surface area contributed by atoms with E-state index >= 15 is 0 Å². The summed E-state index contributed by atoms with van der Waals surface area (Å²) in [5, 5.41) is 11.3. The van der Waals surface area contributed by atoms with Gasteiger partial charge in [0.15, 0.2) is 0 Å². The number of nitrogens with one attached hydrogen (secondary N) is 1. The summed E-state index contributed by atoms with van der Waals surface area (Å²) >= 11 is 0. The quantitative estimate of drug-likeness (QED) is 0.940. The first-order valence-corrected chi connectivity index (χ1v) is 7.91. The van der Waals surface area contributed by atoms with Gasteiger partial charge >= 0.3 is 0 Å². The van der Waals surface area contributed by atoms with Crippen molar-refractivity contribution in [1.29, 1.82) is 0 Å². The summed E-state index contributed by atoms with van der Waals surface area (Å²) in [4.78, 5) is 19.2. The minimum Gasteiger partial charge on any atom is -0.366 e. The van der Waals surface area contributed by atoms with E-state index in [1.165, 1.54) is 0 Å². The van der Waals surface area contributed by atoms with Crippen molar-refractivity contribution >= 4 is 17.5 Å². The Morgan fingerprint density at radius 1 is 1.22 bits per heavy atom. The molecule has 2 aliphatic rings.